The van der Waals surface area contributed by atoms with E-state index in [1.165, 1.54) is 4.90 Å². The van der Waals surface area contributed by atoms with Gasteiger partial charge in [-0.05, 0) is 70.9 Å². The number of hydrogen-bond acceptors (Lipinski definition) is 5. The average Bonchev–Trinajstić information content (AvgIpc) is 2.78. The normalized spacial score (nSPS) is 11.9. The van der Waals surface area contributed by atoms with E-state index in [1.54, 1.807) is 52.1 Å². The highest BCUT2D eigenvalue weighted by molar-refractivity contribution is 5.98. The van der Waals surface area contributed by atoms with E-state index in [-0.39, 0.29) is 18.4 Å². The van der Waals surface area contributed by atoms with Crippen molar-refractivity contribution in [2.24, 2.45) is 0 Å². The summed E-state index contributed by atoms with van der Waals surface area (Å²) in [5.41, 5.74) is 2.59. The number of amides is 3. The van der Waals surface area contributed by atoms with Gasteiger partial charge in [0.25, 0.3) is 5.91 Å². The van der Waals surface area contributed by atoms with E-state index in [0.29, 0.717) is 30.0 Å². The number of benzene rings is 2. The first kappa shape index (κ1) is 28.7. The van der Waals surface area contributed by atoms with Gasteiger partial charge in [0.15, 0.2) is 0 Å². The maximum atomic E-state index is 13.7. The monoisotopic (exact) mass is 497 g/mol. The number of rotatable bonds is 10. The topological polar surface area (TPSA) is 97.0 Å². The molecule has 0 spiro atoms. The number of carbonyl (C=O) groups excluding carboxylic acids is 3. The van der Waals surface area contributed by atoms with Crippen molar-refractivity contribution in [3.63, 3.8) is 0 Å². The minimum atomic E-state index is -0.884. The van der Waals surface area contributed by atoms with Gasteiger partial charge in [0.1, 0.15) is 23.9 Å². The van der Waals surface area contributed by atoms with Crippen LogP contribution in [0.15, 0.2) is 42.5 Å². The zero-order valence-corrected chi connectivity index (χ0v) is 22.4. The molecule has 2 aromatic carbocycles. The van der Waals surface area contributed by atoms with E-state index in [0.717, 1.165) is 17.5 Å². The molecule has 0 radical (unpaired) electrons. The maximum absolute atomic E-state index is 13.7. The Morgan fingerprint density at radius 2 is 1.61 bits per heavy atom. The average molecular weight is 498 g/mol. The van der Waals surface area contributed by atoms with E-state index in [1.807, 2.05) is 39.0 Å². The highest BCUT2D eigenvalue weighted by Gasteiger charge is 2.32. The van der Waals surface area contributed by atoms with Gasteiger partial charge in [-0.3, -0.25) is 9.59 Å². The molecule has 2 N–H and O–H groups in total. The summed E-state index contributed by atoms with van der Waals surface area (Å²) in [6.45, 7) is 11.3. The second-order valence-electron chi connectivity index (χ2n) is 9.84. The fourth-order valence-electron chi connectivity index (χ4n) is 3.82. The lowest BCUT2D eigenvalue weighted by Gasteiger charge is -2.32. The highest BCUT2D eigenvalue weighted by Crippen LogP contribution is 2.26. The molecule has 0 heterocycles. The van der Waals surface area contributed by atoms with Crippen LogP contribution in [0.1, 0.15) is 63.3 Å². The summed E-state index contributed by atoms with van der Waals surface area (Å²) in [7, 11) is 1.58. The number of alkyl carbamates (subject to hydrolysis) is 1. The van der Waals surface area contributed by atoms with Gasteiger partial charge in [-0.1, -0.05) is 42.7 Å². The van der Waals surface area contributed by atoms with Crippen molar-refractivity contribution in [1.29, 1.82) is 0 Å². The van der Waals surface area contributed by atoms with Crippen LogP contribution in [0.3, 0.4) is 0 Å². The fourth-order valence-corrected chi connectivity index (χ4v) is 3.82. The Morgan fingerprint density at radius 1 is 1.00 bits per heavy atom. The van der Waals surface area contributed by atoms with E-state index in [4.69, 9.17) is 9.47 Å². The molecule has 0 aliphatic rings. The first-order chi connectivity index (χ1) is 16.9. The van der Waals surface area contributed by atoms with Crippen LogP contribution in [0, 0.1) is 13.8 Å². The fraction of sp³-hybridized carbons (Fsp3) is 0.464. The van der Waals surface area contributed by atoms with Gasteiger partial charge in [0.05, 0.1) is 7.11 Å². The predicted molar refractivity (Wildman–Crippen MR) is 141 cm³/mol. The molecule has 2 aromatic rings. The van der Waals surface area contributed by atoms with E-state index in [9.17, 15) is 14.4 Å². The van der Waals surface area contributed by atoms with Gasteiger partial charge in [0.2, 0.25) is 5.91 Å². The van der Waals surface area contributed by atoms with E-state index >= 15 is 0 Å². The number of unbranched alkanes of at least 4 members (excludes halogenated alkanes) is 1. The third kappa shape index (κ3) is 8.91. The summed E-state index contributed by atoms with van der Waals surface area (Å²) in [4.78, 5) is 40.8. The van der Waals surface area contributed by atoms with Crippen LogP contribution >= 0.6 is 0 Å². The zero-order valence-electron chi connectivity index (χ0n) is 22.4. The Labute approximate surface area is 214 Å². The summed E-state index contributed by atoms with van der Waals surface area (Å²) < 4.78 is 10.5. The molecule has 1 atom stereocenters. The molecular formula is C28H39N3O5. The number of aryl methyl sites for hydroxylation is 2. The first-order valence-corrected chi connectivity index (χ1v) is 12.2. The Hall–Kier alpha value is -3.55. The minimum absolute atomic E-state index is 0.282. The largest absolute Gasteiger partial charge is 0.497 e. The Kier molecular flexibility index (Phi) is 10.3. The summed E-state index contributed by atoms with van der Waals surface area (Å²) >= 11 is 0. The number of anilines is 1. The van der Waals surface area contributed by atoms with E-state index < -0.39 is 17.7 Å². The molecule has 0 saturated carbocycles. The minimum Gasteiger partial charge on any atom is -0.497 e. The lowest BCUT2D eigenvalue weighted by Crippen LogP contribution is -2.47. The number of carbonyl (C=O) groups is 3. The molecule has 0 aliphatic heterocycles. The maximum Gasteiger partial charge on any atom is 0.408 e. The third-order valence-corrected chi connectivity index (χ3v) is 5.33. The molecule has 36 heavy (non-hydrogen) atoms. The molecule has 0 aromatic heterocycles. The number of ether oxygens (including phenoxy) is 2. The molecule has 3 amide bonds. The molecule has 0 bridgehead atoms. The van der Waals surface area contributed by atoms with Crippen LogP contribution in [0.4, 0.5) is 10.5 Å². The summed E-state index contributed by atoms with van der Waals surface area (Å²) in [5.74, 6) is -0.0398. The SMILES string of the molecule is CCCCN(C(=O)CNC(=O)OC(C)(C)C)C(C(=O)Nc1ccc(OC)cc1)c1cc(C)cc(C)c1. The summed E-state index contributed by atoms with van der Waals surface area (Å²) in [6, 6.07) is 12.0. The lowest BCUT2D eigenvalue weighted by atomic mass is 9.98. The van der Waals surface area contributed by atoms with Crippen LogP contribution in [0.25, 0.3) is 0 Å². The highest BCUT2D eigenvalue weighted by atomic mass is 16.6. The number of nitrogens with zero attached hydrogens (tertiary/aromatic N) is 1. The van der Waals surface area contributed by atoms with Gasteiger partial charge in [-0.15, -0.1) is 0 Å². The van der Waals surface area contributed by atoms with Crippen molar-refractivity contribution in [1.82, 2.24) is 10.2 Å². The van der Waals surface area contributed by atoms with Gasteiger partial charge < -0.3 is 25.0 Å². The quantitative estimate of drug-likeness (QED) is 0.473. The van der Waals surface area contributed by atoms with Crippen molar-refractivity contribution in [2.75, 3.05) is 25.5 Å². The van der Waals surface area contributed by atoms with Crippen molar-refractivity contribution < 1.29 is 23.9 Å². The van der Waals surface area contributed by atoms with Crippen molar-refractivity contribution >= 4 is 23.6 Å². The number of hydrogen-bond donors (Lipinski definition) is 2. The number of nitrogens with one attached hydrogen (secondary N) is 2. The Morgan fingerprint density at radius 3 is 2.14 bits per heavy atom. The van der Waals surface area contributed by atoms with Crippen LogP contribution in [-0.2, 0) is 14.3 Å². The van der Waals surface area contributed by atoms with Gasteiger partial charge in [0, 0.05) is 12.2 Å². The van der Waals surface area contributed by atoms with Crippen LogP contribution in [0.5, 0.6) is 5.75 Å². The molecule has 196 valence electrons. The molecule has 8 nitrogen and oxygen atoms in total. The predicted octanol–water partition coefficient (Wildman–Crippen LogP) is 5.15. The smallest absolute Gasteiger partial charge is 0.408 e. The lowest BCUT2D eigenvalue weighted by molar-refractivity contribution is -0.138. The van der Waals surface area contributed by atoms with Crippen molar-refractivity contribution in [3.8, 4) is 5.75 Å². The molecule has 2 rings (SSSR count). The van der Waals surface area contributed by atoms with Crippen LogP contribution in [-0.4, -0.2) is 48.6 Å². The van der Waals surface area contributed by atoms with Crippen LogP contribution in [0.2, 0.25) is 0 Å². The third-order valence-electron chi connectivity index (χ3n) is 5.33. The van der Waals surface area contributed by atoms with E-state index in [2.05, 4.69) is 10.6 Å². The number of methoxy groups -OCH3 is 1. The standard InChI is InChI=1S/C28H39N3O5/c1-8-9-14-31(24(32)18-29-27(34)36-28(4,5)6)25(21-16-19(2)15-20(3)17-21)26(33)30-22-10-12-23(35-7)13-11-22/h10-13,15-17,25H,8-9,14,18H2,1-7H3,(H,29,34)(H,30,33). The second-order valence-corrected chi connectivity index (χ2v) is 9.84. The molecule has 0 saturated heterocycles. The molecule has 8 heteroatoms. The van der Waals surface area contributed by atoms with Gasteiger partial charge >= 0.3 is 6.09 Å². The molecule has 1 unspecified atom stereocenters. The first-order valence-electron chi connectivity index (χ1n) is 12.2. The summed E-state index contributed by atoms with van der Waals surface area (Å²) in [5, 5.41) is 5.47. The molecule has 0 fully saturated rings. The van der Waals surface area contributed by atoms with Crippen LogP contribution < -0.4 is 15.4 Å². The second kappa shape index (κ2) is 13.0. The van der Waals surface area contributed by atoms with Crippen molar-refractivity contribution in [2.45, 2.75) is 66.0 Å². The Balaban J connectivity index is 2.38. The summed E-state index contributed by atoms with van der Waals surface area (Å²) in [6.07, 6.45) is 0.857. The van der Waals surface area contributed by atoms with Crippen molar-refractivity contribution in [3.05, 3.63) is 59.2 Å². The zero-order chi connectivity index (χ0) is 26.9. The Bertz CT molecular complexity index is 1020. The molecular weight excluding hydrogens is 458 g/mol. The van der Waals surface area contributed by atoms with Gasteiger partial charge in [-0.2, -0.15) is 0 Å². The molecule has 0 aliphatic carbocycles. The van der Waals surface area contributed by atoms with Gasteiger partial charge in [-0.25, -0.2) is 4.79 Å².